The summed E-state index contributed by atoms with van der Waals surface area (Å²) in [6.45, 7) is 0. The van der Waals surface area contributed by atoms with E-state index in [2.05, 4.69) is 15.9 Å². The van der Waals surface area contributed by atoms with E-state index in [4.69, 9.17) is 21.8 Å². The van der Waals surface area contributed by atoms with Crippen LogP contribution in [0.1, 0.15) is 10.4 Å². The van der Waals surface area contributed by atoms with Crippen molar-refractivity contribution in [3.63, 3.8) is 0 Å². The predicted octanol–water partition coefficient (Wildman–Crippen LogP) is 2.51. The predicted molar refractivity (Wildman–Crippen MR) is 47.8 cm³/mol. The van der Waals surface area contributed by atoms with Crippen LogP contribution in [0.5, 0.6) is 5.75 Å². The van der Waals surface area contributed by atoms with Gasteiger partial charge in [-0.05, 0) is 22.0 Å². The van der Waals surface area contributed by atoms with Crippen LogP contribution in [-0.4, -0.2) is 16.2 Å². The Morgan fingerprint density at radius 3 is 2.58 bits per heavy atom. The number of phenolic OH excluding ortho intramolecular Hbond substituents is 1. The number of aromatic carboxylic acids is 1. The maximum Gasteiger partial charge on any atom is 0.337 e. The third kappa shape index (κ3) is 1.70. The van der Waals surface area contributed by atoms with Crippen LogP contribution in [0.3, 0.4) is 0 Å². The lowest BCUT2D eigenvalue weighted by Gasteiger charge is -2.01. The number of carboxylic acids is 1. The van der Waals surface area contributed by atoms with Gasteiger partial charge in [-0.25, -0.2) is 4.79 Å². The molecule has 0 amide bonds. The van der Waals surface area contributed by atoms with Gasteiger partial charge in [0.05, 0.1) is 15.1 Å². The Morgan fingerprint density at radius 2 is 2.08 bits per heavy atom. The van der Waals surface area contributed by atoms with Crippen molar-refractivity contribution in [2.24, 2.45) is 0 Å². The molecule has 1 rings (SSSR count). The van der Waals surface area contributed by atoms with Gasteiger partial charge >= 0.3 is 5.97 Å². The lowest BCUT2D eigenvalue weighted by molar-refractivity contribution is 0.0697. The van der Waals surface area contributed by atoms with Gasteiger partial charge in [-0.2, -0.15) is 0 Å². The number of halogens is 2. The summed E-state index contributed by atoms with van der Waals surface area (Å²) < 4.78 is 0.310. The number of phenols is 1. The van der Waals surface area contributed by atoms with E-state index in [1.165, 1.54) is 12.1 Å². The van der Waals surface area contributed by atoms with Crippen LogP contribution < -0.4 is 0 Å². The molecule has 0 fully saturated rings. The average Bonchev–Trinajstić information content (AvgIpc) is 1.96. The summed E-state index contributed by atoms with van der Waals surface area (Å²) >= 11 is 8.51. The van der Waals surface area contributed by atoms with E-state index in [1.807, 2.05) is 0 Å². The first kappa shape index (κ1) is 9.35. The fourth-order valence-corrected chi connectivity index (χ4v) is 1.28. The highest BCUT2D eigenvalue weighted by molar-refractivity contribution is 9.10. The molecule has 0 aromatic heterocycles. The Bertz CT molecular complexity index is 338. The summed E-state index contributed by atoms with van der Waals surface area (Å²) in [6, 6.07) is 2.43. The molecule has 0 unspecified atom stereocenters. The quantitative estimate of drug-likeness (QED) is 0.806. The molecule has 0 aliphatic rings. The third-order valence-electron chi connectivity index (χ3n) is 1.27. The van der Waals surface area contributed by atoms with Gasteiger partial charge in [0.2, 0.25) is 0 Å². The fraction of sp³-hybridized carbons (Fsp3) is 0. The molecular weight excluding hydrogens is 247 g/mol. The number of carbonyl (C=O) groups is 1. The normalized spacial score (nSPS) is 9.83. The molecule has 3 nitrogen and oxygen atoms in total. The molecule has 0 atom stereocenters. The lowest BCUT2D eigenvalue weighted by atomic mass is 10.2. The van der Waals surface area contributed by atoms with E-state index in [0.29, 0.717) is 4.47 Å². The largest absolute Gasteiger partial charge is 0.507 e. The number of carboxylic acid groups (broad SMARTS) is 1. The Hall–Kier alpha value is -0.740. The van der Waals surface area contributed by atoms with Crippen LogP contribution in [-0.2, 0) is 0 Å². The van der Waals surface area contributed by atoms with Crippen LogP contribution >= 0.6 is 27.5 Å². The minimum atomic E-state index is -1.12. The molecule has 2 N–H and O–H groups in total. The molecule has 0 saturated heterocycles. The summed E-state index contributed by atoms with van der Waals surface area (Å²) in [5.41, 5.74) is -0.0404. The van der Waals surface area contributed by atoms with Gasteiger partial charge < -0.3 is 10.2 Å². The number of aromatic hydroxyl groups is 1. The SMILES string of the molecule is O=C(O)c1cc(Br)c(O)cc1Cl. The summed E-state index contributed by atoms with van der Waals surface area (Å²) in [5, 5.41) is 17.7. The summed E-state index contributed by atoms with van der Waals surface area (Å²) in [4.78, 5) is 10.5. The van der Waals surface area contributed by atoms with Crippen LogP contribution in [0.4, 0.5) is 0 Å². The van der Waals surface area contributed by atoms with Crippen LogP contribution in [0.2, 0.25) is 5.02 Å². The number of hydrogen-bond donors (Lipinski definition) is 2. The molecule has 5 heteroatoms. The van der Waals surface area contributed by atoms with E-state index >= 15 is 0 Å². The summed E-state index contributed by atoms with van der Waals surface area (Å²) in [6.07, 6.45) is 0. The molecule has 0 aliphatic carbocycles. The number of benzene rings is 1. The van der Waals surface area contributed by atoms with E-state index in [-0.39, 0.29) is 16.3 Å². The standard InChI is InChI=1S/C7H4BrClO3/c8-4-1-3(7(11)12)5(9)2-6(4)10/h1-2,10H,(H,11,12). The first-order valence-electron chi connectivity index (χ1n) is 2.93. The van der Waals surface area contributed by atoms with Crippen molar-refractivity contribution < 1.29 is 15.0 Å². The lowest BCUT2D eigenvalue weighted by Crippen LogP contribution is -1.96. The van der Waals surface area contributed by atoms with Crippen molar-refractivity contribution >= 4 is 33.5 Å². The number of rotatable bonds is 1. The van der Waals surface area contributed by atoms with Gasteiger partial charge in [-0.1, -0.05) is 11.6 Å². The van der Waals surface area contributed by atoms with Crippen molar-refractivity contribution in [2.75, 3.05) is 0 Å². The molecule has 12 heavy (non-hydrogen) atoms. The highest BCUT2D eigenvalue weighted by Crippen LogP contribution is 2.30. The maximum atomic E-state index is 10.5. The van der Waals surface area contributed by atoms with Gasteiger partial charge in [0.1, 0.15) is 5.75 Å². The monoisotopic (exact) mass is 250 g/mol. The zero-order valence-electron chi connectivity index (χ0n) is 5.71. The maximum absolute atomic E-state index is 10.5. The van der Waals surface area contributed by atoms with Crippen LogP contribution in [0.25, 0.3) is 0 Å². The second-order valence-corrected chi connectivity index (χ2v) is 3.35. The van der Waals surface area contributed by atoms with Gasteiger partial charge in [0.25, 0.3) is 0 Å². The molecule has 0 bridgehead atoms. The first-order chi connectivity index (χ1) is 5.52. The summed E-state index contributed by atoms with van der Waals surface area (Å²) in [5.74, 6) is -1.20. The zero-order chi connectivity index (χ0) is 9.30. The molecule has 64 valence electrons. The van der Waals surface area contributed by atoms with Crippen molar-refractivity contribution in [2.45, 2.75) is 0 Å². The fourth-order valence-electron chi connectivity index (χ4n) is 0.700. The van der Waals surface area contributed by atoms with Gasteiger partial charge in [-0.15, -0.1) is 0 Å². The molecule has 0 aliphatic heterocycles. The number of hydrogen-bond acceptors (Lipinski definition) is 2. The molecular formula is C7H4BrClO3. The van der Waals surface area contributed by atoms with E-state index in [1.54, 1.807) is 0 Å². The van der Waals surface area contributed by atoms with Gasteiger partial charge in [0, 0.05) is 6.07 Å². The second-order valence-electron chi connectivity index (χ2n) is 2.09. The molecule has 1 aromatic carbocycles. The topological polar surface area (TPSA) is 57.5 Å². The van der Waals surface area contributed by atoms with Crippen molar-refractivity contribution in [1.29, 1.82) is 0 Å². The molecule has 0 spiro atoms. The molecule has 0 radical (unpaired) electrons. The van der Waals surface area contributed by atoms with Crippen molar-refractivity contribution in [3.05, 3.63) is 27.2 Å². The Labute approximate surface area is 81.7 Å². The van der Waals surface area contributed by atoms with Gasteiger partial charge in [-0.3, -0.25) is 0 Å². The Kier molecular flexibility index (Phi) is 2.59. The van der Waals surface area contributed by atoms with Gasteiger partial charge in [0.15, 0.2) is 0 Å². The van der Waals surface area contributed by atoms with Crippen molar-refractivity contribution in [3.8, 4) is 5.75 Å². The average molecular weight is 251 g/mol. The smallest absolute Gasteiger partial charge is 0.337 e. The summed E-state index contributed by atoms with van der Waals surface area (Å²) in [7, 11) is 0. The first-order valence-corrected chi connectivity index (χ1v) is 4.10. The Balaban J connectivity index is 3.33. The minimum Gasteiger partial charge on any atom is -0.507 e. The molecule has 0 saturated carbocycles. The second kappa shape index (κ2) is 3.33. The van der Waals surface area contributed by atoms with E-state index < -0.39 is 5.97 Å². The van der Waals surface area contributed by atoms with E-state index in [9.17, 15) is 4.79 Å². The Morgan fingerprint density at radius 1 is 1.50 bits per heavy atom. The minimum absolute atomic E-state index is 0.0169. The van der Waals surface area contributed by atoms with Crippen molar-refractivity contribution in [1.82, 2.24) is 0 Å². The molecule has 0 heterocycles. The highest BCUT2D eigenvalue weighted by atomic mass is 79.9. The van der Waals surface area contributed by atoms with Crippen LogP contribution in [0, 0.1) is 0 Å². The van der Waals surface area contributed by atoms with E-state index in [0.717, 1.165) is 0 Å². The zero-order valence-corrected chi connectivity index (χ0v) is 8.06. The van der Waals surface area contributed by atoms with Crippen LogP contribution in [0.15, 0.2) is 16.6 Å². The molecule has 1 aromatic rings. The third-order valence-corrected chi connectivity index (χ3v) is 2.21. The highest BCUT2D eigenvalue weighted by Gasteiger charge is 2.11.